The molecule has 0 aliphatic carbocycles. The second-order valence-electron chi connectivity index (χ2n) is 3.45. The number of carbonyl (C=O) groups excluding carboxylic acids is 2. The number of carboxylic acids is 1. The summed E-state index contributed by atoms with van der Waals surface area (Å²) in [5.74, 6) is -7.13. The number of carboxylic acid groups (broad SMARTS) is 1. The van der Waals surface area contributed by atoms with E-state index >= 15 is 0 Å². The zero-order valence-corrected chi connectivity index (χ0v) is 9.33. The van der Waals surface area contributed by atoms with Crippen molar-refractivity contribution in [3.8, 4) is 0 Å². The number of primary amides is 1. The van der Waals surface area contributed by atoms with Gasteiger partial charge in [-0.25, -0.2) is 18.4 Å². The van der Waals surface area contributed by atoms with E-state index in [1.54, 1.807) is 5.32 Å². The highest BCUT2D eigenvalue weighted by Gasteiger charge is 2.41. The van der Waals surface area contributed by atoms with Crippen LogP contribution in [-0.4, -0.2) is 47.9 Å². The van der Waals surface area contributed by atoms with Gasteiger partial charge in [0.2, 0.25) is 5.91 Å². The van der Waals surface area contributed by atoms with Gasteiger partial charge in [-0.05, 0) is 0 Å². The molecule has 0 radical (unpaired) electrons. The molecule has 11 heteroatoms. The van der Waals surface area contributed by atoms with Crippen molar-refractivity contribution >= 4 is 17.9 Å². The maximum Gasteiger partial charge on any atom is 0.326 e. The molecular formula is C8H11F4N3O4. The van der Waals surface area contributed by atoms with Crippen molar-refractivity contribution in [2.45, 2.75) is 24.8 Å². The third-order valence-electron chi connectivity index (χ3n) is 1.81. The molecule has 0 aromatic heterocycles. The molecule has 0 aromatic carbocycles. The SMILES string of the molecule is NC(=O)C[C@@H](NC(=O)NCC(F)(F)C(F)F)C(=O)O. The van der Waals surface area contributed by atoms with Crippen LogP contribution in [0.2, 0.25) is 0 Å². The Morgan fingerprint density at radius 3 is 2.16 bits per heavy atom. The Morgan fingerprint density at radius 2 is 1.79 bits per heavy atom. The average Bonchev–Trinajstić information content (AvgIpc) is 2.24. The minimum absolute atomic E-state index is 0.770. The van der Waals surface area contributed by atoms with Crippen LogP contribution in [0.25, 0.3) is 0 Å². The quantitative estimate of drug-likeness (QED) is 0.473. The summed E-state index contributed by atoms with van der Waals surface area (Å²) >= 11 is 0. The van der Waals surface area contributed by atoms with Crippen LogP contribution in [0.5, 0.6) is 0 Å². The molecule has 1 atom stereocenters. The summed E-state index contributed by atoms with van der Waals surface area (Å²) in [4.78, 5) is 32.0. The van der Waals surface area contributed by atoms with Gasteiger partial charge in [0.15, 0.2) is 0 Å². The van der Waals surface area contributed by atoms with Crippen molar-refractivity contribution in [2.24, 2.45) is 5.73 Å². The first-order chi connectivity index (χ1) is 8.56. The van der Waals surface area contributed by atoms with Crippen LogP contribution >= 0.6 is 0 Å². The van der Waals surface area contributed by atoms with E-state index < -0.39 is 49.3 Å². The van der Waals surface area contributed by atoms with Crippen LogP contribution in [0.1, 0.15) is 6.42 Å². The Labute approximate surface area is 104 Å². The second-order valence-corrected chi connectivity index (χ2v) is 3.45. The van der Waals surface area contributed by atoms with Gasteiger partial charge in [-0.15, -0.1) is 0 Å². The van der Waals surface area contributed by atoms with Gasteiger partial charge in [-0.3, -0.25) is 4.79 Å². The van der Waals surface area contributed by atoms with Crippen LogP contribution in [-0.2, 0) is 9.59 Å². The normalized spacial score (nSPS) is 12.9. The predicted octanol–water partition coefficient (Wildman–Crippen LogP) is -0.485. The minimum atomic E-state index is -4.44. The first-order valence-electron chi connectivity index (χ1n) is 4.77. The van der Waals surface area contributed by atoms with Gasteiger partial charge in [-0.2, -0.15) is 8.78 Å². The molecule has 110 valence electrons. The number of rotatable bonds is 7. The number of amides is 3. The first-order valence-corrected chi connectivity index (χ1v) is 4.77. The van der Waals surface area contributed by atoms with Crippen LogP contribution in [0, 0.1) is 0 Å². The standard InChI is InChI=1S/C8H11F4N3O4/c9-6(10)8(11,12)2-14-7(19)15-3(5(17)18)1-4(13)16/h3,6H,1-2H2,(H2,13,16)(H,17,18)(H2,14,15,19)/t3-/m1/s1. The lowest BCUT2D eigenvalue weighted by atomic mass is 10.2. The number of urea groups is 1. The predicted molar refractivity (Wildman–Crippen MR) is 52.7 cm³/mol. The summed E-state index contributed by atoms with van der Waals surface area (Å²) < 4.78 is 48.4. The maximum atomic E-state index is 12.4. The van der Waals surface area contributed by atoms with E-state index in [2.05, 4.69) is 0 Å². The van der Waals surface area contributed by atoms with Gasteiger partial charge >= 0.3 is 24.3 Å². The summed E-state index contributed by atoms with van der Waals surface area (Å²) in [6, 6.07) is -3.17. The van der Waals surface area contributed by atoms with Crippen LogP contribution in [0.3, 0.4) is 0 Å². The van der Waals surface area contributed by atoms with Gasteiger partial charge < -0.3 is 21.5 Å². The van der Waals surface area contributed by atoms with Gasteiger partial charge in [0.25, 0.3) is 0 Å². The Balaban J connectivity index is 4.36. The maximum absolute atomic E-state index is 12.4. The third kappa shape index (κ3) is 6.43. The zero-order chi connectivity index (χ0) is 15.2. The Morgan fingerprint density at radius 1 is 1.26 bits per heavy atom. The van der Waals surface area contributed by atoms with Crippen molar-refractivity contribution in [3.63, 3.8) is 0 Å². The fourth-order valence-corrected chi connectivity index (χ4v) is 0.886. The molecule has 0 saturated heterocycles. The number of carbonyl (C=O) groups is 3. The molecule has 0 aromatic rings. The Kier molecular flexibility index (Phi) is 6.02. The smallest absolute Gasteiger partial charge is 0.326 e. The van der Waals surface area contributed by atoms with Gasteiger partial charge in [0.1, 0.15) is 6.04 Å². The van der Waals surface area contributed by atoms with Gasteiger partial charge in [-0.1, -0.05) is 0 Å². The van der Waals surface area contributed by atoms with E-state index in [0.29, 0.717) is 0 Å². The highest BCUT2D eigenvalue weighted by atomic mass is 19.3. The highest BCUT2D eigenvalue weighted by molar-refractivity contribution is 5.87. The summed E-state index contributed by atoms with van der Waals surface area (Å²) in [5, 5.41) is 11.6. The summed E-state index contributed by atoms with van der Waals surface area (Å²) in [5.41, 5.74) is 4.70. The summed E-state index contributed by atoms with van der Waals surface area (Å²) in [7, 11) is 0. The summed E-state index contributed by atoms with van der Waals surface area (Å²) in [6.07, 6.45) is -4.75. The molecule has 0 aliphatic rings. The van der Waals surface area contributed by atoms with Gasteiger partial charge in [0, 0.05) is 0 Å². The third-order valence-corrected chi connectivity index (χ3v) is 1.81. The van der Waals surface area contributed by atoms with Crippen LogP contribution in [0.15, 0.2) is 0 Å². The number of hydrogen-bond donors (Lipinski definition) is 4. The lowest BCUT2D eigenvalue weighted by molar-refractivity contribution is -0.140. The monoisotopic (exact) mass is 289 g/mol. The van der Waals surface area contributed by atoms with Crippen molar-refractivity contribution in [1.82, 2.24) is 10.6 Å². The van der Waals surface area contributed by atoms with E-state index in [1.165, 1.54) is 5.32 Å². The Hall–Kier alpha value is -2.07. The largest absolute Gasteiger partial charge is 0.480 e. The van der Waals surface area contributed by atoms with E-state index in [-0.39, 0.29) is 0 Å². The molecule has 5 N–H and O–H groups in total. The minimum Gasteiger partial charge on any atom is -0.480 e. The number of nitrogens with two attached hydrogens (primary N) is 1. The molecule has 0 fully saturated rings. The number of halogens is 4. The molecule has 0 aliphatic heterocycles. The molecule has 7 nitrogen and oxygen atoms in total. The molecule has 0 unspecified atom stereocenters. The van der Waals surface area contributed by atoms with E-state index in [9.17, 15) is 31.9 Å². The number of hydrogen-bond acceptors (Lipinski definition) is 3. The topological polar surface area (TPSA) is 122 Å². The molecule has 0 bridgehead atoms. The average molecular weight is 289 g/mol. The van der Waals surface area contributed by atoms with Crippen molar-refractivity contribution in [1.29, 1.82) is 0 Å². The molecular weight excluding hydrogens is 278 g/mol. The molecule has 0 rings (SSSR count). The molecule has 0 spiro atoms. The second kappa shape index (κ2) is 6.75. The van der Waals surface area contributed by atoms with Crippen molar-refractivity contribution in [3.05, 3.63) is 0 Å². The molecule has 19 heavy (non-hydrogen) atoms. The lowest BCUT2D eigenvalue weighted by Gasteiger charge is -2.17. The van der Waals surface area contributed by atoms with E-state index in [0.717, 1.165) is 0 Å². The lowest BCUT2D eigenvalue weighted by Crippen LogP contribution is -2.51. The van der Waals surface area contributed by atoms with E-state index in [4.69, 9.17) is 10.8 Å². The first kappa shape index (κ1) is 16.9. The molecule has 0 saturated carbocycles. The zero-order valence-electron chi connectivity index (χ0n) is 9.33. The molecule has 0 heterocycles. The van der Waals surface area contributed by atoms with Crippen LogP contribution in [0.4, 0.5) is 22.4 Å². The number of alkyl halides is 4. The van der Waals surface area contributed by atoms with Crippen molar-refractivity contribution < 1.29 is 37.1 Å². The van der Waals surface area contributed by atoms with Gasteiger partial charge in [0.05, 0.1) is 13.0 Å². The number of aliphatic carboxylic acids is 1. The van der Waals surface area contributed by atoms with Crippen molar-refractivity contribution in [2.75, 3.05) is 6.54 Å². The van der Waals surface area contributed by atoms with E-state index in [1.807, 2.05) is 0 Å². The Bertz CT molecular complexity index is 364. The van der Waals surface area contributed by atoms with Crippen LogP contribution < -0.4 is 16.4 Å². The fraction of sp³-hybridized carbons (Fsp3) is 0.625. The number of nitrogens with one attached hydrogen (secondary N) is 2. The molecule has 3 amide bonds. The highest BCUT2D eigenvalue weighted by Crippen LogP contribution is 2.21. The summed E-state index contributed by atoms with van der Waals surface area (Å²) in [6.45, 7) is -1.68. The fourth-order valence-electron chi connectivity index (χ4n) is 0.886.